The van der Waals surface area contributed by atoms with Crippen molar-refractivity contribution in [3.8, 4) is 0 Å². The standard InChI is InChI=1S/C41H73N2O8P/c1-3-5-7-9-11-13-15-17-19-21-23-25-27-29-31-33-40(44)48-37-39(38-50-52(47,43-46)49-36-35-42)51-41(45)34-32-30-28-26-24-22-20-18-16-14-12-10-8-6-4-2/h11-14,17-20,39H,3-10,15-16,21-38,42H2,1-2H3/b13-11-,14-12-,19-17-,20-18-. The molecular formula is C41H73N2O8P. The van der Waals surface area contributed by atoms with Gasteiger partial charge in [-0.25, -0.2) is 4.57 Å². The summed E-state index contributed by atoms with van der Waals surface area (Å²) in [6, 6.07) is 0. The van der Waals surface area contributed by atoms with Crippen LogP contribution in [0, 0.1) is 4.91 Å². The van der Waals surface area contributed by atoms with E-state index in [4.69, 9.17) is 24.3 Å². The zero-order valence-electron chi connectivity index (χ0n) is 32.7. The Bertz CT molecular complexity index is 1030. The number of allylic oxidation sites excluding steroid dienone is 8. The van der Waals surface area contributed by atoms with Crippen LogP contribution >= 0.6 is 7.75 Å². The molecule has 0 bridgehead atoms. The molecule has 2 atom stereocenters. The number of nitroso groups, excluding NO2 is 1. The van der Waals surface area contributed by atoms with Crippen molar-refractivity contribution in [2.24, 2.45) is 10.7 Å². The number of unbranched alkanes of at least 4 members (excludes halogenated alkanes) is 16. The highest BCUT2D eigenvalue weighted by Crippen LogP contribution is 2.49. The molecule has 0 fully saturated rings. The summed E-state index contributed by atoms with van der Waals surface area (Å²) < 4.78 is 33.3. The van der Waals surface area contributed by atoms with Gasteiger partial charge in [0.25, 0.3) is 0 Å². The Morgan fingerprint density at radius 1 is 0.596 bits per heavy atom. The van der Waals surface area contributed by atoms with Crippen LogP contribution < -0.4 is 5.73 Å². The van der Waals surface area contributed by atoms with Crippen molar-refractivity contribution in [1.82, 2.24) is 0 Å². The Hall–Kier alpha value is -2.39. The number of rotatable bonds is 38. The van der Waals surface area contributed by atoms with E-state index in [1.807, 2.05) is 0 Å². The molecule has 0 aliphatic heterocycles. The maximum Gasteiger partial charge on any atom is 0.489 e. The Morgan fingerprint density at radius 2 is 1.04 bits per heavy atom. The highest BCUT2D eigenvalue weighted by Gasteiger charge is 2.29. The normalized spacial score (nSPS) is 13.8. The molecule has 0 aromatic rings. The fourth-order valence-electron chi connectivity index (χ4n) is 5.21. The van der Waals surface area contributed by atoms with Gasteiger partial charge in [-0.05, 0) is 77.0 Å². The van der Waals surface area contributed by atoms with Crippen molar-refractivity contribution in [3.05, 3.63) is 53.5 Å². The molecule has 0 aliphatic carbocycles. The SMILES string of the molecule is CCCCC/C=C\C/C=C\CCCCCCCC(=O)OCC(COP(=O)(N=O)OCCN)OC(=O)CCCCCCC/C=C\C/C=C\CCCCC. The second-order valence-electron chi connectivity index (χ2n) is 13.2. The van der Waals surface area contributed by atoms with E-state index in [1.54, 1.807) is 0 Å². The number of nitrogens with two attached hydrogens (primary N) is 1. The van der Waals surface area contributed by atoms with Gasteiger partial charge in [-0.3, -0.25) is 18.6 Å². The number of esters is 2. The minimum Gasteiger partial charge on any atom is -0.462 e. The topological polar surface area (TPSA) is 144 Å². The molecule has 0 aromatic carbocycles. The van der Waals surface area contributed by atoms with Crippen LogP contribution in [-0.2, 0) is 32.7 Å². The fraction of sp³-hybridized carbons (Fsp3) is 0.756. The summed E-state index contributed by atoms with van der Waals surface area (Å²) >= 11 is 0. The van der Waals surface area contributed by atoms with Crippen molar-refractivity contribution in [1.29, 1.82) is 0 Å². The first-order valence-corrected chi connectivity index (χ1v) is 21.8. The lowest BCUT2D eigenvalue weighted by Crippen LogP contribution is -2.29. The maximum absolute atomic E-state index is 12.6. The predicted molar refractivity (Wildman–Crippen MR) is 214 cm³/mol. The second-order valence-corrected chi connectivity index (χ2v) is 14.8. The Kier molecular flexibility index (Phi) is 36.6. The van der Waals surface area contributed by atoms with Crippen LogP contribution in [0.5, 0.6) is 0 Å². The molecule has 0 heterocycles. The number of nitrogens with zero attached hydrogens (tertiary/aromatic N) is 1. The molecule has 0 saturated heterocycles. The quantitative estimate of drug-likeness (QED) is 0.0214. The van der Waals surface area contributed by atoms with Crippen LogP contribution in [0.25, 0.3) is 0 Å². The van der Waals surface area contributed by atoms with Crippen LogP contribution in [0.15, 0.2) is 53.6 Å². The third kappa shape index (κ3) is 34.7. The minimum absolute atomic E-state index is 0.0145. The van der Waals surface area contributed by atoms with Gasteiger partial charge in [-0.15, -0.1) is 4.91 Å². The van der Waals surface area contributed by atoms with Gasteiger partial charge in [-0.1, -0.05) is 127 Å². The maximum atomic E-state index is 12.6. The molecule has 0 spiro atoms. The Balaban J connectivity index is 4.35. The predicted octanol–water partition coefficient (Wildman–Crippen LogP) is 11.9. The summed E-state index contributed by atoms with van der Waals surface area (Å²) in [6.07, 6.45) is 41.0. The molecule has 300 valence electrons. The van der Waals surface area contributed by atoms with E-state index < -0.39 is 32.4 Å². The van der Waals surface area contributed by atoms with Crippen molar-refractivity contribution >= 4 is 19.7 Å². The molecule has 2 N–H and O–H groups in total. The molecule has 0 rings (SSSR count). The van der Waals surface area contributed by atoms with E-state index in [0.717, 1.165) is 83.5 Å². The number of hydrogen-bond acceptors (Lipinski definition) is 9. The zero-order valence-corrected chi connectivity index (χ0v) is 33.6. The summed E-state index contributed by atoms with van der Waals surface area (Å²) in [5, 5.41) is 0. The third-order valence-corrected chi connectivity index (χ3v) is 9.47. The van der Waals surface area contributed by atoms with Gasteiger partial charge in [0.15, 0.2) is 6.10 Å². The van der Waals surface area contributed by atoms with Crippen molar-refractivity contribution in [2.45, 2.75) is 174 Å². The average Bonchev–Trinajstić information content (AvgIpc) is 3.15. The lowest BCUT2D eigenvalue weighted by Gasteiger charge is -2.19. The summed E-state index contributed by atoms with van der Waals surface area (Å²) in [4.78, 5) is 38.6. The van der Waals surface area contributed by atoms with Crippen LogP contribution in [0.2, 0.25) is 0 Å². The van der Waals surface area contributed by atoms with Gasteiger partial charge < -0.3 is 15.2 Å². The first kappa shape index (κ1) is 49.6. The van der Waals surface area contributed by atoms with Crippen molar-refractivity contribution < 1.29 is 32.7 Å². The zero-order chi connectivity index (χ0) is 38.2. The van der Waals surface area contributed by atoms with Gasteiger partial charge in [0.1, 0.15) is 6.61 Å². The van der Waals surface area contributed by atoms with Gasteiger partial charge in [-0.2, -0.15) is 0 Å². The molecule has 0 amide bonds. The molecule has 0 aliphatic rings. The molecule has 0 aromatic heterocycles. The van der Waals surface area contributed by atoms with Crippen LogP contribution in [0.1, 0.15) is 168 Å². The van der Waals surface area contributed by atoms with Gasteiger partial charge >= 0.3 is 19.7 Å². The second kappa shape index (κ2) is 38.3. The van der Waals surface area contributed by atoms with E-state index in [9.17, 15) is 19.1 Å². The number of ether oxygens (including phenoxy) is 2. The smallest absolute Gasteiger partial charge is 0.462 e. The van der Waals surface area contributed by atoms with Gasteiger partial charge in [0.2, 0.25) is 0 Å². The molecular weight excluding hydrogens is 679 g/mol. The number of hydrogen-bond donors (Lipinski definition) is 1. The first-order valence-electron chi connectivity index (χ1n) is 20.3. The monoisotopic (exact) mass is 753 g/mol. The first-order chi connectivity index (χ1) is 25.4. The lowest BCUT2D eigenvalue weighted by atomic mass is 10.1. The van der Waals surface area contributed by atoms with Gasteiger partial charge in [0.05, 0.1) is 13.2 Å². The highest BCUT2D eigenvalue weighted by molar-refractivity contribution is 7.52. The van der Waals surface area contributed by atoms with Crippen molar-refractivity contribution in [2.75, 3.05) is 26.4 Å². The molecule has 52 heavy (non-hydrogen) atoms. The van der Waals surface area contributed by atoms with E-state index in [0.29, 0.717) is 12.8 Å². The van der Waals surface area contributed by atoms with Crippen LogP contribution in [0.3, 0.4) is 0 Å². The van der Waals surface area contributed by atoms with E-state index >= 15 is 0 Å². The summed E-state index contributed by atoms with van der Waals surface area (Å²) in [5.74, 6) is -0.905. The molecule has 10 nitrogen and oxygen atoms in total. The van der Waals surface area contributed by atoms with Crippen LogP contribution in [0.4, 0.5) is 0 Å². The molecule has 2 unspecified atom stereocenters. The summed E-state index contributed by atoms with van der Waals surface area (Å²) in [6.45, 7) is 3.50. The fourth-order valence-corrected chi connectivity index (χ4v) is 6.07. The lowest BCUT2D eigenvalue weighted by molar-refractivity contribution is -0.161. The van der Waals surface area contributed by atoms with E-state index in [2.05, 4.69) is 67.4 Å². The van der Waals surface area contributed by atoms with Crippen molar-refractivity contribution in [3.63, 3.8) is 0 Å². The minimum atomic E-state index is -4.32. The molecule has 11 heteroatoms. The highest BCUT2D eigenvalue weighted by atomic mass is 31.2. The molecule has 0 saturated carbocycles. The largest absolute Gasteiger partial charge is 0.489 e. The average molecular weight is 753 g/mol. The third-order valence-electron chi connectivity index (χ3n) is 8.29. The van der Waals surface area contributed by atoms with Gasteiger partial charge in [0, 0.05) is 24.3 Å². The number of carbonyl (C=O) groups excluding carboxylic acids is 2. The Morgan fingerprint density at radius 3 is 1.50 bits per heavy atom. The number of carbonyl (C=O) groups is 2. The van der Waals surface area contributed by atoms with Crippen LogP contribution in [-0.4, -0.2) is 44.4 Å². The van der Waals surface area contributed by atoms with E-state index in [1.165, 1.54) is 44.9 Å². The van der Waals surface area contributed by atoms with E-state index in [-0.39, 0.29) is 32.6 Å². The Labute approximate surface area is 316 Å². The summed E-state index contributed by atoms with van der Waals surface area (Å²) in [7, 11) is -4.32. The molecule has 0 radical (unpaired) electrons. The summed E-state index contributed by atoms with van der Waals surface area (Å²) in [5.41, 5.74) is 5.36.